The Bertz CT molecular complexity index is 1110. The smallest absolute Gasteiger partial charge is 0.259 e. The third kappa shape index (κ3) is 7.08. The molecule has 0 spiro atoms. The van der Waals surface area contributed by atoms with Crippen molar-refractivity contribution in [2.24, 2.45) is 11.8 Å². The van der Waals surface area contributed by atoms with E-state index in [1.165, 1.54) is 0 Å². The normalized spacial score (nSPS) is 18.3. The minimum atomic E-state index is -0.389. The third-order valence-electron chi connectivity index (χ3n) is 6.34. The number of aliphatic hydroxyl groups is 1. The van der Waals surface area contributed by atoms with Crippen molar-refractivity contribution in [1.29, 1.82) is 0 Å². The van der Waals surface area contributed by atoms with Crippen LogP contribution in [0.3, 0.4) is 0 Å². The largest absolute Gasteiger partial charge is 0.472 e. The molecular formula is C29H37N3O4. The Morgan fingerprint density at radius 1 is 1.28 bits per heavy atom. The predicted octanol–water partition coefficient (Wildman–Crippen LogP) is 3.40. The molecule has 7 nitrogen and oxygen atoms in total. The molecule has 0 saturated carbocycles. The lowest BCUT2D eigenvalue weighted by Crippen LogP contribution is -2.50. The average Bonchev–Trinajstić information content (AvgIpc) is 2.86. The molecule has 2 amide bonds. The highest BCUT2D eigenvalue weighted by atomic mass is 16.5. The Hall–Kier alpha value is -3.37. The van der Waals surface area contributed by atoms with Crippen LogP contribution in [0.5, 0.6) is 5.88 Å². The zero-order valence-electron chi connectivity index (χ0n) is 21.9. The lowest BCUT2D eigenvalue weighted by Gasteiger charge is -2.37. The van der Waals surface area contributed by atoms with Crippen LogP contribution in [-0.2, 0) is 11.2 Å². The Morgan fingerprint density at radius 3 is 2.67 bits per heavy atom. The molecule has 0 saturated heterocycles. The Morgan fingerprint density at radius 2 is 2.00 bits per heavy atom. The molecule has 7 heteroatoms. The summed E-state index contributed by atoms with van der Waals surface area (Å²) in [6.07, 6.45) is 2.28. The molecule has 2 aromatic rings. The fourth-order valence-electron chi connectivity index (χ4n) is 4.02. The maximum atomic E-state index is 13.5. The van der Waals surface area contributed by atoms with Crippen molar-refractivity contribution >= 4 is 11.8 Å². The van der Waals surface area contributed by atoms with Gasteiger partial charge in [-0.15, -0.1) is 0 Å². The number of carbonyl (C=O) groups excluding carboxylic acids is 2. The number of nitrogens with zero attached hydrogens (tertiary/aromatic N) is 3. The molecule has 2 heterocycles. The molecule has 3 rings (SSSR count). The van der Waals surface area contributed by atoms with E-state index in [1.54, 1.807) is 29.1 Å². The zero-order chi connectivity index (χ0) is 26.2. The van der Waals surface area contributed by atoms with Crippen LogP contribution in [0.15, 0.2) is 42.6 Å². The Balaban J connectivity index is 1.87. The van der Waals surface area contributed by atoms with E-state index < -0.39 is 0 Å². The molecule has 1 aromatic carbocycles. The summed E-state index contributed by atoms with van der Waals surface area (Å²) < 4.78 is 6.29. The molecule has 0 aliphatic carbocycles. The number of carbonyl (C=O) groups is 2. The van der Waals surface area contributed by atoms with Crippen LogP contribution in [0.2, 0.25) is 0 Å². The molecule has 0 unspecified atom stereocenters. The molecule has 192 valence electrons. The van der Waals surface area contributed by atoms with Crippen molar-refractivity contribution < 1.29 is 19.4 Å². The number of amides is 2. The number of benzene rings is 1. The van der Waals surface area contributed by atoms with Crippen molar-refractivity contribution in [3.8, 4) is 17.7 Å². The van der Waals surface area contributed by atoms with E-state index >= 15 is 0 Å². The van der Waals surface area contributed by atoms with Crippen LogP contribution in [0.4, 0.5) is 0 Å². The molecule has 36 heavy (non-hydrogen) atoms. The summed E-state index contributed by atoms with van der Waals surface area (Å²) in [4.78, 5) is 34.2. The van der Waals surface area contributed by atoms with Gasteiger partial charge in [-0.25, -0.2) is 4.98 Å². The summed E-state index contributed by atoms with van der Waals surface area (Å²) in [5.41, 5.74) is 1.91. The van der Waals surface area contributed by atoms with E-state index in [1.807, 2.05) is 44.2 Å². The maximum Gasteiger partial charge on any atom is 0.259 e. The van der Waals surface area contributed by atoms with Gasteiger partial charge in [-0.1, -0.05) is 62.9 Å². The SMILES string of the molecule is CC(C)CC#Cc1cnc2c(c1)C(=O)N([C@H](C)CO)C[C@H](C)[C@@H](CN(C)C(=O)Cc1ccccc1)O2. The average molecular weight is 492 g/mol. The van der Waals surface area contributed by atoms with Gasteiger partial charge in [-0.2, -0.15) is 0 Å². The van der Waals surface area contributed by atoms with E-state index in [0.717, 1.165) is 12.0 Å². The number of aliphatic hydroxyl groups excluding tert-OH is 1. The van der Waals surface area contributed by atoms with Gasteiger partial charge in [0.15, 0.2) is 0 Å². The van der Waals surface area contributed by atoms with Gasteiger partial charge in [-0.05, 0) is 24.5 Å². The number of fused-ring (bicyclic) bond motifs is 1. The lowest BCUT2D eigenvalue weighted by atomic mass is 9.99. The van der Waals surface area contributed by atoms with Gasteiger partial charge in [-0.3, -0.25) is 9.59 Å². The second-order valence-electron chi connectivity index (χ2n) is 10.0. The van der Waals surface area contributed by atoms with E-state index in [0.29, 0.717) is 36.6 Å². The Kier molecular flexibility index (Phi) is 9.49. The maximum absolute atomic E-state index is 13.5. The molecule has 3 atom stereocenters. The number of hydrogen-bond acceptors (Lipinski definition) is 5. The minimum Gasteiger partial charge on any atom is -0.472 e. The van der Waals surface area contributed by atoms with Gasteiger partial charge >= 0.3 is 0 Å². The number of pyridine rings is 1. The first-order chi connectivity index (χ1) is 17.2. The molecule has 1 N–H and O–H groups in total. The van der Waals surface area contributed by atoms with Gasteiger partial charge in [0.2, 0.25) is 11.8 Å². The van der Waals surface area contributed by atoms with E-state index in [2.05, 4.69) is 30.7 Å². The van der Waals surface area contributed by atoms with E-state index in [-0.39, 0.29) is 42.4 Å². The highest BCUT2D eigenvalue weighted by Crippen LogP contribution is 2.27. The quantitative estimate of drug-likeness (QED) is 0.601. The fourth-order valence-corrected chi connectivity index (χ4v) is 4.02. The van der Waals surface area contributed by atoms with Crippen molar-refractivity contribution in [1.82, 2.24) is 14.8 Å². The van der Waals surface area contributed by atoms with Crippen molar-refractivity contribution in [3.63, 3.8) is 0 Å². The molecule has 1 aliphatic rings. The second kappa shape index (κ2) is 12.5. The van der Waals surface area contributed by atoms with Gasteiger partial charge in [0.05, 0.1) is 25.6 Å². The molecule has 1 aromatic heterocycles. The number of aromatic nitrogens is 1. The topological polar surface area (TPSA) is 83.0 Å². The van der Waals surface area contributed by atoms with Crippen LogP contribution in [-0.4, -0.2) is 70.6 Å². The summed E-state index contributed by atoms with van der Waals surface area (Å²) in [5.74, 6) is 6.54. The first-order valence-corrected chi connectivity index (χ1v) is 12.5. The number of rotatable bonds is 7. The van der Waals surface area contributed by atoms with E-state index in [4.69, 9.17) is 4.74 Å². The number of ether oxygens (including phenoxy) is 1. The zero-order valence-corrected chi connectivity index (χ0v) is 21.9. The van der Waals surface area contributed by atoms with Crippen molar-refractivity contribution in [2.75, 3.05) is 26.7 Å². The fraction of sp³-hybridized carbons (Fsp3) is 0.483. The van der Waals surface area contributed by atoms with Crippen molar-refractivity contribution in [2.45, 2.75) is 52.7 Å². The summed E-state index contributed by atoms with van der Waals surface area (Å²) in [6.45, 7) is 8.58. The second-order valence-corrected chi connectivity index (χ2v) is 10.0. The van der Waals surface area contributed by atoms with Crippen LogP contribution in [0, 0.1) is 23.7 Å². The molecule has 0 fully saturated rings. The van der Waals surface area contributed by atoms with Gasteiger partial charge < -0.3 is 19.6 Å². The van der Waals surface area contributed by atoms with E-state index in [9.17, 15) is 14.7 Å². The monoisotopic (exact) mass is 491 g/mol. The minimum absolute atomic E-state index is 0.0142. The lowest BCUT2D eigenvalue weighted by molar-refractivity contribution is -0.130. The first kappa shape index (κ1) is 27.2. The molecule has 1 aliphatic heterocycles. The highest BCUT2D eigenvalue weighted by molar-refractivity contribution is 5.97. The molecule has 0 radical (unpaired) electrons. The standard InChI is InChI=1S/C29H37N3O4/c1-20(2)10-9-13-24-14-25-28(30-16-24)36-26(21(3)17-32(29(25)35)22(4)19-33)18-31(5)27(34)15-23-11-7-6-8-12-23/h6-8,11-12,14,16,20-22,26,33H,10,15,17-19H2,1-5H3/t21-,22+,26+/m0/s1. The summed E-state index contributed by atoms with van der Waals surface area (Å²) >= 11 is 0. The Labute approximate surface area is 214 Å². The van der Waals surface area contributed by atoms with Crippen LogP contribution in [0.1, 0.15) is 55.6 Å². The summed E-state index contributed by atoms with van der Waals surface area (Å²) in [5, 5.41) is 9.83. The predicted molar refractivity (Wildman–Crippen MR) is 140 cm³/mol. The van der Waals surface area contributed by atoms with Crippen molar-refractivity contribution in [3.05, 3.63) is 59.3 Å². The first-order valence-electron chi connectivity index (χ1n) is 12.5. The van der Waals surface area contributed by atoms with Crippen LogP contribution in [0.25, 0.3) is 0 Å². The summed E-state index contributed by atoms with van der Waals surface area (Å²) in [6, 6.07) is 11.0. The van der Waals surface area contributed by atoms with Crippen LogP contribution >= 0.6 is 0 Å². The van der Waals surface area contributed by atoms with Gasteiger partial charge in [0.25, 0.3) is 5.91 Å². The van der Waals surface area contributed by atoms with Gasteiger partial charge in [0.1, 0.15) is 11.7 Å². The van der Waals surface area contributed by atoms with Crippen LogP contribution < -0.4 is 4.74 Å². The number of likely N-dealkylation sites (N-methyl/N-ethyl adjacent to an activating group) is 1. The summed E-state index contributed by atoms with van der Waals surface area (Å²) in [7, 11) is 1.77. The third-order valence-corrected chi connectivity index (χ3v) is 6.34. The molecular weight excluding hydrogens is 454 g/mol. The highest BCUT2D eigenvalue weighted by Gasteiger charge is 2.34. The number of hydrogen-bond donors (Lipinski definition) is 1. The van der Waals surface area contributed by atoms with Gasteiger partial charge in [0, 0.05) is 37.7 Å². The molecule has 0 bridgehead atoms.